The number of aryl methyl sites for hydroxylation is 1. The second-order valence-corrected chi connectivity index (χ2v) is 3.16. The first kappa shape index (κ1) is 7.83. The Kier molecular flexibility index (Phi) is 1.90. The SMILES string of the molecule is COCc1ccn2c1C(O)CC2. The minimum atomic E-state index is -0.287. The van der Waals surface area contributed by atoms with E-state index in [2.05, 4.69) is 4.57 Å². The maximum atomic E-state index is 9.60. The van der Waals surface area contributed by atoms with Gasteiger partial charge in [0.25, 0.3) is 0 Å². The van der Waals surface area contributed by atoms with Gasteiger partial charge in [-0.1, -0.05) is 0 Å². The number of hydrogen-bond donors (Lipinski definition) is 1. The number of ether oxygens (including phenoxy) is 1. The molecule has 2 heterocycles. The van der Waals surface area contributed by atoms with Crippen LogP contribution in [0.4, 0.5) is 0 Å². The lowest BCUT2D eigenvalue weighted by molar-refractivity contribution is 0.163. The van der Waals surface area contributed by atoms with Crippen LogP contribution >= 0.6 is 0 Å². The molecule has 0 saturated heterocycles. The lowest BCUT2D eigenvalue weighted by Gasteiger charge is -2.04. The van der Waals surface area contributed by atoms with Crippen molar-refractivity contribution in [2.45, 2.75) is 25.7 Å². The van der Waals surface area contributed by atoms with Crippen molar-refractivity contribution in [3.05, 3.63) is 23.5 Å². The Balaban J connectivity index is 2.32. The van der Waals surface area contributed by atoms with Crippen molar-refractivity contribution < 1.29 is 9.84 Å². The van der Waals surface area contributed by atoms with Gasteiger partial charge in [-0.2, -0.15) is 0 Å². The molecule has 0 spiro atoms. The molecule has 1 aromatic rings. The first-order valence-corrected chi connectivity index (χ1v) is 4.18. The molecule has 0 saturated carbocycles. The van der Waals surface area contributed by atoms with Crippen molar-refractivity contribution in [1.82, 2.24) is 4.57 Å². The Labute approximate surface area is 71.6 Å². The van der Waals surface area contributed by atoms with Crippen molar-refractivity contribution in [2.24, 2.45) is 0 Å². The molecule has 1 N–H and O–H groups in total. The van der Waals surface area contributed by atoms with E-state index in [1.54, 1.807) is 7.11 Å². The van der Waals surface area contributed by atoms with Gasteiger partial charge >= 0.3 is 0 Å². The van der Waals surface area contributed by atoms with Gasteiger partial charge in [0.1, 0.15) is 0 Å². The maximum Gasteiger partial charge on any atom is 0.0960 e. The number of nitrogens with zero attached hydrogens (tertiary/aromatic N) is 1. The smallest absolute Gasteiger partial charge is 0.0960 e. The predicted molar refractivity (Wildman–Crippen MR) is 44.7 cm³/mol. The third-order valence-corrected chi connectivity index (χ3v) is 2.35. The first-order valence-electron chi connectivity index (χ1n) is 4.18. The summed E-state index contributed by atoms with van der Waals surface area (Å²) in [5.74, 6) is 0. The van der Waals surface area contributed by atoms with Crippen LogP contribution < -0.4 is 0 Å². The van der Waals surface area contributed by atoms with E-state index in [9.17, 15) is 5.11 Å². The summed E-state index contributed by atoms with van der Waals surface area (Å²) in [4.78, 5) is 0. The van der Waals surface area contributed by atoms with Gasteiger partial charge in [0, 0.05) is 25.4 Å². The highest BCUT2D eigenvalue weighted by Crippen LogP contribution is 2.29. The summed E-state index contributed by atoms with van der Waals surface area (Å²) in [5.41, 5.74) is 2.15. The molecule has 3 heteroatoms. The topological polar surface area (TPSA) is 34.4 Å². The molecule has 1 aromatic heterocycles. The number of hydrogen-bond acceptors (Lipinski definition) is 2. The first-order chi connectivity index (χ1) is 5.83. The molecule has 3 nitrogen and oxygen atoms in total. The van der Waals surface area contributed by atoms with Gasteiger partial charge in [-0.3, -0.25) is 0 Å². The van der Waals surface area contributed by atoms with Gasteiger partial charge in [0.05, 0.1) is 18.4 Å². The van der Waals surface area contributed by atoms with Gasteiger partial charge in [0.15, 0.2) is 0 Å². The molecule has 66 valence electrons. The van der Waals surface area contributed by atoms with E-state index in [-0.39, 0.29) is 6.10 Å². The van der Waals surface area contributed by atoms with E-state index in [4.69, 9.17) is 4.74 Å². The quantitative estimate of drug-likeness (QED) is 0.715. The van der Waals surface area contributed by atoms with Gasteiger partial charge in [0.2, 0.25) is 0 Å². The van der Waals surface area contributed by atoms with E-state index >= 15 is 0 Å². The number of fused-ring (bicyclic) bond motifs is 1. The van der Waals surface area contributed by atoms with E-state index in [0.717, 1.165) is 24.2 Å². The zero-order valence-electron chi connectivity index (χ0n) is 7.16. The van der Waals surface area contributed by atoms with Crippen LogP contribution in [0.2, 0.25) is 0 Å². The lowest BCUT2D eigenvalue weighted by atomic mass is 10.1. The fourth-order valence-corrected chi connectivity index (χ4v) is 1.81. The number of aliphatic hydroxyl groups excluding tert-OH is 1. The molecule has 0 bridgehead atoms. The standard InChI is InChI=1S/C9H13NO2/c1-12-6-7-2-4-10-5-3-8(11)9(7)10/h2,4,8,11H,3,5-6H2,1H3. The van der Waals surface area contributed by atoms with Crippen LogP contribution in [0, 0.1) is 0 Å². The average Bonchev–Trinajstić information content (AvgIpc) is 2.58. The molecule has 1 aliphatic heterocycles. The van der Waals surface area contributed by atoms with E-state index < -0.39 is 0 Å². The molecule has 1 atom stereocenters. The van der Waals surface area contributed by atoms with Crippen LogP contribution in [0.25, 0.3) is 0 Å². The second kappa shape index (κ2) is 2.92. The van der Waals surface area contributed by atoms with Crippen LogP contribution in [0.15, 0.2) is 12.3 Å². The number of aliphatic hydroxyl groups is 1. The minimum absolute atomic E-state index is 0.287. The molecule has 0 aliphatic carbocycles. The molecule has 1 aliphatic rings. The molecule has 0 amide bonds. The Morgan fingerprint density at radius 3 is 3.33 bits per heavy atom. The number of methoxy groups -OCH3 is 1. The Bertz CT molecular complexity index is 280. The fourth-order valence-electron chi connectivity index (χ4n) is 1.81. The zero-order valence-corrected chi connectivity index (χ0v) is 7.16. The zero-order chi connectivity index (χ0) is 8.55. The van der Waals surface area contributed by atoms with Crippen LogP contribution in [0.5, 0.6) is 0 Å². The summed E-state index contributed by atoms with van der Waals surface area (Å²) in [6.45, 7) is 1.53. The molecule has 0 fully saturated rings. The highest BCUT2D eigenvalue weighted by molar-refractivity contribution is 5.26. The summed E-state index contributed by atoms with van der Waals surface area (Å²) in [7, 11) is 1.67. The van der Waals surface area contributed by atoms with Gasteiger partial charge in [-0.15, -0.1) is 0 Å². The molecule has 1 unspecified atom stereocenters. The molecule has 0 aromatic carbocycles. The molecule has 2 rings (SSSR count). The van der Waals surface area contributed by atoms with Gasteiger partial charge < -0.3 is 14.4 Å². The van der Waals surface area contributed by atoms with E-state index in [0.29, 0.717) is 6.61 Å². The maximum absolute atomic E-state index is 9.60. The lowest BCUT2D eigenvalue weighted by Crippen LogP contribution is -1.97. The second-order valence-electron chi connectivity index (χ2n) is 3.16. The summed E-state index contributed by atoms with van der Waals surface area (Å²) < 4.78 is 7.13. The van der Waals surface area contributed by atoms with Crippen LogP contribution in [0.1, 0.15) is 23.8 Å². The Morgan fingerprint density at radius 2 is 2.58 bits per heavy atom. The van der Waals surface area contributed by atoms with Crippen molar-refractivity contribution >= 4 is 0 Å². The largest absolute Gasteiger partial charge is 0.387 e. The van der Waals surface area contributed by atoms with Crippen molar-refractivity contribution in [1.29, 1.82) is 0 Å². The summed E-state index contributed by atoms with van der Waals surface area (Å²) in [5, 5.41) is 9.60. The van der Waals surface area contributed by atoms with Crippen LogP contribution in [0.3, 0.4) is 0 Å². The third-order valence-electron chi connectivity index (χ3n) is 2.35. The van der Waals surface area contributed by atoms with Crippen LogP contribution in [-0.4, -0.2) is 16.8 Å². The highest BCUT2D eigenvalue weighted by Gasteiger charge is 2.22. The van der Waals surface area contributed by atoms with E-state index in [1.807, 2.05) is 12.3 Å². The summed E-state index contributed by atoms with van der Waals surface area (Å²) in [6, 6.07) is 2.02. The monoisotopic (exact) mass is 167 g/mol. The normalized spacial score (nSPS) is 21.3. The fraction of sp³-hybridized carbons (Fsp3) is 0.556. The Morgan fingerprint density at radius 1 is 1.75 bits per heavy atom. The number of aromatic nitrogens is 1. The predicted octanol–water partition coefficient (Wildman–Crippen LogP) is 1.07. The third kappa shape index (κ3) is 1.06. The molecular formula is C9H13NO2. The summed E-state index contributed by atoms with van der Waals surface area (Å²) in [6.07, 6.45) is 2.57. The average molecular weight is 167 g/mol. The minimum Gasteiger partial charge on any atom is -0.387 e. The van der Waals surface area contributed by atoms with Crippen molar-refractivity contribution in [2.75, 3.05) is 7.11 Å². The molecule has 12 heavy (non-hydrogen) atoms. The van der Waals surface area contributed by atoms with E-state index in [1.165, 1.54) is 0 Å². The summed E-state index contributed by atoms with van der Waals surface area (Å²) >= 11 is 0. The van der Waals surface area contributed by atoms with Crippen molar-refractivity contribution in [3.8, 4) is 0 Å². The molecular weight excluding hydrogens is 154 g/mol. The highest BCUT2D eigenvalue weighted by atomic mass is 16.5. The number of rotatable bonds is 2. The Hall–Kier alpha value is -0.800. The van der Waals surface area contributed by atoms with Gasteiger partial charge in [-0.05, 0) is 12.5 Å². The van der Waals surface area contributed by atoms with Gasteiger partial charge in [-0.25, -0.2) is 0 Å². The molecule has 0 radical (unpaired) electrons. The van der Waals surface area contributed by atoms with Crippen LogP contribution in [-0.2, 0) is 17.9 Å². The van der Waals surface area contributed by atoms with Crippen molar-refractivity contribution in [3.63, 3.8) is 0 Å².